The lowest BCUT2D eigenvalue weighted by atomic mass is 10.0. The molecule has 0 spiro atoms. The van der Waals surface area contributed by atoms with Gasteiger partial charge >= 0.3 is 0 Å². The van der Waals surface area contributed by atoms with Crippen LogP contribution in [0.25, 0.3) is 0 Å². The van der Waals surface area contributed by atoms with Crippen molar-refractivity contribution in [2.75, 3.05) is 24.6 Å². The Bertz CT molecular complexity index is 770. The predicted octanol–water partition coefficient (Wildman–Crippen LogP) is 3.35. The van der Waals surface area contributed by atoms with E-state index in [2.05, 4.69) is 21.6 Å². The van der Waals surface area contributed by atoms with Crippen molar-refractivity contribution in [3.8, 4) is 5.75 Å². The third-order valence-electron chi connectivity index (χ3n) is 5.18. The Balaban J connectivity index is 1.72. The molecule has 25 heavy (non-hydrogen) atoms. The molecule has 0 aromatic heterocycles. The van der Waals surface area contributed by atoms with Crippen molar-refractivity contribution in [1.29, 1.82) is 0 Å². The fourth-order valence-corrected chi connectivity index (χ4v) is 3.97. The average Bonchev–Trinajstić information content (AvgIpc) is 2.98. The minimum Gasteiger partial charge on any atom is -0.494 e. The Morgan fingerprint density at radius 2 is 1.84 bits per heavy atom. The van der Waals surface area contributed by atoms with Crippen molar-refractivity contribution in [3.63, 3.8) is 0 Å². The largest absolute Gasteiger partial charge is 0.494 e. The summed E-state index contributed by atoms with van der Waals surface area (Å²) < 4.78 is 7.75. The van der Waals surface area contributed by atoms with E-state index >= 15 is 0 Å². The molecule has 0 saturated heterocycles. The third kappa shape index (κ3) is 2.81. The highest BCUT2D eigenvalue weighted by Gasteiger charge is 2.52. The maximum Gasteiger partial charge on any atom is 0.271 e. The summed E-state index contributed by atoms with van der Waals surface area (Å²) in [4.78, 5) is 2.27. The number of ether oxygens (including phenoxy) is 1. The van der Waals surface area contributed by atoms with Gasteiger partial charge in [0.25, 0.3) is 11.6 Å². The lowest BCUT2D eigenvalue weighted by Gasteiger charge is -2.24. The van der Waals surface area contributed by atoms with Gasteiger partial charge in [0.2, 0.25) is 0 Å². The van der Waals surface area contributed by atoms with E-state index in [1.165, 1.54) is 12.3 Å². The molecule has 0 bridgehead atoms. The number of hydrogen-bond donors (Lipinski definition) is 1. The van der Waals surface area contributed by atoms with Crippen molar-refractivity contribution in [3.05, 3.63) is 60.2 Å². The Morgan fingerprint density at radius 1 is 1.08 bits per heavy atom. The molecule has 0 amide bonds. The van der Waals surface area contributed by atoms with Gasteiger partial charge in [0, 0.05) is 12.0 Å². The molecule has 0 unspecified atom stereocenters. The average molecular weight is 337 g/mol. The SMILES string of the molecule is CCOc1ccc(N2C[C@@](O)(c3ccccc3)[N+]3=C2CCCC3)cc1. The monoisotopic (exact) mass is 337 g/mol. The molecule has 0 aliphatic carbocycles. The van der Waals surface area contributed by atoms with Crippen LogP contribution in [0, 0.1) is 0 Å². The molecule has 1 atom stereocenters. The summed E-state index contributed by atoms with van der Waals surface area (Å²) in [5.74, 6) is 2.11. The lowest BCUT2D eigenvalue weighted by Crippen LogP contribution is -2.41. The highest BCUT2D eigenvalue weighted by Crippen LogP contribution is 2.36. The molecule has 4 rings (SSSR count). The van der Waals surface area contributed by atoms with Gasteiger partial charge in [-0.2, -0.15) is 0 Å². The summed E-state index contributed by atoms with van der Waals surface area (Å²) in [5.41, 5.74) is 1.11. The van der Waals surface area contributed by atoms with Crippen LogP contribution in [0.15, 0.2) is 54.6 Å². The standard InChI is InChI=1S/C21H25N2O2/c1-2-25-19-13-11-18(12-14-19)22-16-21(24,17-8-4-3-5-9-17)23-15-7-6-10-20(22)23/h3-5,8-9,11-14,24H,2,6-7,10,15-16H2,1H3/q+1/t21-/m1/s1. The van der Waals surface area contributed by atoms with E-state index in [1.807, 2.05) is 49.4 Å². The van der Waals surface area contributed by atoms with E-state index in [4.69, 9.17) is 4.74 Å². The van der Waals surface area contributed by atoms with E-state index in [1.54, 1.807) is 0 Å². The zero-order chi connectivity index (χ0) is 17.3. The quantitative estimate of drug-likeness (QED) is 0.869. The number of aliphatic hydroxyl groups is 1. The summed E-state index contributed by atoms with van der Waals surface area (Å²) >= 11 is 0. The second kappa shape index (κ2) is 6.52. The van der Waals surface area contributed by atoms with Gasteiger partial charge in [0.15, 0.2) is 6.54 Å². The smallest absolute Gasteiger partial charge is 0.271 e. The van der Waals surface area contributed by atoms with Crippen LogP contribution in [0.4, 0.5) is 5.69 Å². The molecule has 0 radical (unpaired) electrons. The van der Waals surface area contributed by atoms with Crippen molar-refractivity contribution in [2.24, 2.45) is 0 Å². The van der Waals surface area contributed by atoms with Crippen LogP contribution < -0.4 is 9.64 Å². The highest BCUT2D eigenvalue weighted by atomic mass is 16.5. The molecule has 2 aliphatic heterocycles. The normalized spacial score (nSPS) is 22.9. The van der Waals surface area contributed by atoms with E-state index in [0.717, 1.165) is 36.4 Å². The fourth-order valence-electron chi connectivity index (χ4n) is 3.97. The first-order valence-electron chi connectivity index (χ1n) is 9.14. The Morgan fingerprint density at radius 3 is 2.56 bits per heavy atom. The topological polar surface area (TPSA) is 35.7 Å². The molecule has 4 heteroatoms. The van der Waals surface area contributed by atoms with Gasteiger partial charge in [0.1, 0.15) is 11.4 Å². The van der Waals surface area contributed by atoms with Crippen LogP contribution in [-0.4, -0.2) is 35.2 Å². The molecule has 2 heterocycles. The summed E-state index contributed by atoms with van der Waals surface area (Å²) in [7, 11) is 0. The number of nitrogens with zero attached hydrogens (tertiary/aromatic N) is 2. The number of rotatable bonds is 4. The molecular formula is C21H25N2O2+. The molecule has 2 aromatic rings. The van der Waals surface area contributed by atoms with Crippen LogP contribution in [0.1, 0.15) is 31.7 Å². The Labute approximate surface area is 149 Å². The van der Waals surface area contributed by atoms with Crippen molar-refractivity contribution in [1.82, 2.24) is 0 Å². The minimum atomic E-state index is -0.963. The van der Waals surface area contributed by atoms with Gasteiger partial charge in [-0.05, 0) is 44.0 Å². The maximum absolute atomic E-state index is 11.6. The van der Waals surface area contributed by atoms with Crippen LogP contribution in [0.3, 0.4) is 0 Å². The lowest BCUT2D eigenvalue weighted by molar-refractivity contribution is -0.661. The van der Waals surface area contributed by atoms with Crippen LogP contribution in [-0.2, 0) is 5.72 Å². The molecule has 0 fully saturated rings. The van der Waals surface area contributed by atoms with Crippen LogP contribution in [0.2, 0.25) is 0 Å². The van der Waals surface area contributed by atoms with Crippen LogP contribution in [0.5, 0.6) is 5.75 Å². The molecular weight excluding hydrogens is 312 g/mol. The maximum atomic E-state index is 11.6. The molecule has 4 nitrogen and oxygen atoms in total. The van der Waals surface area contributed by atoms with Crippen LogP contribution >= 0.6 is 0 Å². The second-order valence-corrected chi connectivity index (χ2v) is 6.72. The summed E-state index contributed by atoms with van der Waals surface area (Å²) in [6.45, 7) is 4.11. The van der Waals surface area contributed by atoms with E-state index in [9.17, 15) is 5.11 Å². The van der Waals surface area contributed by atoms with E-state index in [0.29, 0.717) is 13.2 Å². The molecule has 1 N–H and O–H groups in total. The minimum absolute atomic E-state index is 0.556. The zero-order valence-electron chi connectivity index (χ0n) is 14.7. The first-order chi connectivity index (χ1) is 12.2. The highest BCUT2D eigenvalue weighted by molar-refractivity contribution is 5.96. The Kier molecular flexibility index (Phi) is 4.22. The van der Waals surface area contributed by atoms with Gasteiger partial charge in [-0.25, -0.2) is 9.48 Å². The zero-order valence-corrected chi connectivity index (χ0v) is 14.7. The number of hydrogen-bond acceptors (Lipinski definition) is 3. The van der Waals surface area contributed by atoms with E-state index < -0.39 is 5.72 Å². The van der Waals surface area contributed by atoms with Gasteiger partial charge in [0.05, 0.1) is 13.2 Å². The predicted molar refractivity (Wildman–Crippen MR) is 99.3 cm³/mol. The molecule has 130 valence electrons. The first-order valence-corrected chi connectivity index (χ1v) is 9.14. The van der Waals surface area contributed by atoms with Gasteiger partial charge in [-0.15, -0.1) is 0 Å². The third-order valence-corrected chi connectivity index (χ3v) is 5.18. The fraction of sp³-hybridized carbons (Fsp3) is 0.381. The van der Waals surface area contributed by atoms with Crippen molar-refractivity contribution < 1.29 is 14.4 Å². The summed E-state index contributed by atoms with van der Waals surface area (Å²) in [5, 5.41) is 11.6. The van der Waals surface area contributed by atoms with Gasteiger partial charge < -0.3 is 9.84 Å². The number of β-amino-alcohol motifs (C(OH)–C–C–N with tert-alkyl or cyclic N) is 1. The molecule has 0 saturated carbocycles. The van der Waals surface area contributed by atoms with Gasteiger partial charge in [-0.1, -0.05) is 30.3 Å². The number of benzene rings is 2. The molecule has 2 aromatic carbocycles. The van der Waals surface area contributed by atoms with Gasteiger partial charge in [-0.3, -0.25) is 0 Å². The Hall–Kier alpha value is -2.33. The number of anilines is 1. The summed E-state index contributed by atoms with van der Waals surface area (Å²) in [6.07, 6.45) is 3.29. The first kappa shape index (κ1) is 16.2. The van der Waals surface area contributed by atoms with E-state index in [-0.39, 0.29) is 0 Å². The van der Waals surface area contributed by atoms with Crippen molar-refractivity contribution in [2.45, 2.75) is 31.9 Å². The second-order valence-electron chi connectivity index (χ2n) is 6.72. The molecule has 2 aliphatic rings. The number of amidine groups is 1. The van der Waals surface area contributed by atoms with Crippen molar-refractivity contribution >= 4 is 11.5 Å². The summed E-state index contributed by atoms with van der Waals surface area (Å²) in [6, 6.07) is 18.2.